The first kappa shape index (κ1) is 13.7. The molecule has 0 aromatic carbocycles. The van der Waals surface area contributed by atoms with Crippen molar-refractivity contribution < 1.29 is 4.79 Å². The number of carbonyl (C=O) groups excluding carboxylic acids is 1. The molecular weight excluding hydrogens is 212 g/mol. The lowest BCUT2D eigenvalue weighted by Crippen LogP contribution is -2.33. The van der Waals surface area contributed by atoms with Gasteiger partial charge in [0.25, 0.3) is 0 Å². The van der Waals surface area contributed by atoms with Gasteiger partial charge in [-0.15, -0.1) is 0 Å². The van der Waals surface area contributed by atoms with Crippen molar-refractivity contribution in [2.24, 2.45) is 11.8 Å². The standard InChI is InChI=1S/C14H22N2O/c1-4-7-13(11(2)3)14(17)16-10-12-8-5-6-9-15-12/h5-6,8-9,11,13H,4,7,10H2,1-3H3,(H,16,17). The number of nitrogens with zero attached hydrogens (tertiary/aromatic N) is 1. The van der Waals surface area contributed by atoms with Crippen LogP contribution in [0.3, 0.4) is 0 Å². The monoisotopic (exact) mass is 234 g/mol. The van der Waals surface area contributed by atoms with Crippen LogP contribution in [0.5, 0.6) is 0 Å². The molecule has 17 heavy (non-hydrogen) atoms. The van der Waals surface area contributed by atoms with Crippen LogP contribution in [-0.4, -0.2) is 10.9 Å². The molecule has 0 aliphatic rings. The molecule has 3 heteroatoms. The van der Waals surface area contributed by atoms with E-state index >= 15 is 0 Å². The Morgan fingerprint density at radius 1 is 1.41 bits per heavy atom. The number of nitrogens with one attached hydrogen (secondary N) is 1. The molecule has 0 aliphatic heterocycles. The van der Waals surface area contributed by atoms with E-state index in [0.29, 0.717) is 12.5 Å². The van der Waals surface area contributed by atoms with Crippen molar-refractivity contribution in [2.75, 3.05) is 0 Å². The minimum absolute atomic E-state index is 0.115. The van der Waals surface area contributed by atoms with Crippen LogP contribution in [0.1, 0.15) is 39.3 Å². The molecule has 1 rings (SSSR count). The van der Waals surface area contributed by atoms with Crippen LogP contribution < -0.4 is 5.32 Å². The predicted molar refractivity (Wildman–Crippen MR) is 69.3 cm³/mol. The molecule has 0 aliphatic carbocycles. The van der Waals surface area contributed by atoms with Crippen molar-refractivity contribution in [3.05, 3.63) is 30.1 Å². The van der Waals surface area contributed by atoms with Crippen LogP contribution in [0.2, 0.25) is 0 Å². The maximum Gasteiger partial charge on any atom is 0.223 e. The van der Waals surface area contributed by atoms with Crippen molar-refractivity contribution in [1.29, 1.82) is 0 Å². The van der Waals surface area contributed by atoms with Crippen LogP contribution in [0.15, 0.2) is 24.4 Å². The number of hydrogen-bond donors (Lipinski definition) is 1. The van der Waals surface area contributed by atoms with Gasteiger partial charge in [0.1, 0.15) is 0 Å². The van der Waals surface area contributed by atoms with Gasteiger partial charge in [-0.1, -0.05) is 33.3 Å². The highest BCUT2D eigenvalue weighted by atomic mass is 16.1. The average Bonchev–Trinajstić information content (AvgIpc) is 2.34. The number of rotatable bonds is 6. The smallest absolute Gasteiger partial charge is 0.223 e. The lowest BCUT2D eigenvalue weighted by molar-refractivity contribution is -0.126. The van der Waals surface area contributed by atoms with E-state index in [-0.39, 0.29) is 11.8 Å². The van der Waals surface area contributed by atoms with E-state index in [4.69, 9.17) is 0 Å². The Hall–Kier alpha value is -1.38. The van der Waals surface area contributed by atoms with Crippen LogP contribution in [0.4, 0.5) is 0 Å². The zero-order chi connectivity index (χ0) is 12.7. The molecule has 0 saturated carbocycles. The fraction of sp³-hybridized carbons (Fsp3) is 0.571. The fourth-order valence-electron chi connectivity index (χ4n) is 1.89. The van der Waals surface area contributed by atoms with Crippen molar-refractivity contribution in [3.8, 4) is 0 Å². The number of amides is 1. The Labute approximate surface area is 104 Å². The summed E-state index contributed by atoms with van der Waals surface area (Å²) in [4.78, 5) is 16.2. The van der Waals surface area contributed by atoms with Crippen molar-refractivity contribution in [2.45, 2.75) is 40.2 Å². The highest BCUT2D eigenvalue weighted by Crippen LogP contribution is 2.17. The zero-order valence-corrected chi connectivity index (χ0v) is 10.9. The minimum Gasteiger partial charge on any atom is -0.350 e. The summed E-state index contributed by atoms with van der Waals surface area (Å²) >= 11 is 0. The first-order valence-corrected chi connectivity index (χ1v) is 6.32. The SMILES string of the molecule is CCCC(C(=O)NCc1ccccn1)C(C)C. The fourth-order valence-corrected chi connectivity index (χ4v) is 1.89. The third kappa shape index (κ3) is 4.55. The lowest BCUT2D eigenvalue weighted by atomic mass is 9.90. The summed E-state index contributed by atoms with van der Waals surface area (Å²) in [7, 11) is 0. The van der Waals surface area contributed by atoms with Crippen LogP contribution >= 0.6 is 0 Å². The summed E-state index contributed by atoms with van der Waals surface area (Å²) in [5, 5.41) is 2.96. The molecule has 1 unspecified atom stereocenters. The molecule has 1 heterocycles. The molecule has 0 spiro atoms. The number of aromatic nitrogens is 1. The molecular formula is C14H22N2O. The summed E-state index contributed by atoms with van der Waals surface area (Å²) < 4.78 is 0. The van der Waals surface area contributed by atoms with Gasteiger partial charge in [0.15, 0.2) is 0 Å². The van der Waals surface area contributed by atoms with Crippen LogP contribution in [-0.2, 0) is 11.3 Å². The second kappa shape index (κ2) is 7.05. The summed E-state index contributed by atoms with van der Waals surface area (Å²) in [5.41, 5.74) is 0.903. The normalized spacial score (nSPS) is 12.5. The van der Waals surface area contributed by atoms with E-state index in [1.54, 1.807) is 6.20 Å². The van der Waals surface area contributed by atoms with E-state index < -0.39 is 0 Å². The molecule has 0 saturated heterocycles. The molecule has 1 amide bonds. The van der Waals surface area contributed by atoms with E-state index in [0.717, 1.165) is 18.5 Å². The summed E-state index contributed by atoms with van der Waals surface area (Å²) in [5.74, 6) is 0.648. The molecule has 1 aromatic rings. The van der Waals surface area contributed by atoms with E-state index in [1.165, 1.54) is 0 Å². The van der Waals surface area contributed by atoms with Gasteiger partial charge in [0.05, 0.1) is 12.2 Å². The van der Waals surface area contributed by atoms with Crippen LogP contribution in [0.25, 0.3) is 0 Å². The maximum absolute atomic E-state index is 12.0. The summed E-state index contributed by atoms with van der Waals surface area (Å²) in [6, 6.07) is 5.73. The maximum atomic E-state index is 12.0. The molecule has 0 fully saturated rings. The first-order chi connectivity index (χ1) is 8.15. The first-order valence-electron chi connectivity index (χ1n) is 6.32. The second-order valence-corrected chi connectivity index (χ2v) is 4.68. The molecule has 0 bridgehead atoms. The second-order valence-electron chi connectivity index (χ2n) is 4.68. The highest BCUT2D eigenvalue weighted by Gasteiger charge is 2.20. The Morgan fingerprint density at radius 2 is 2.18 bits per heavy atom. The molecule has 1 N–H and O–H groups in total. The van der Waals surface area contributed by atoms with Gasteiger partial charge in [-0.2, -0.15) is 0 Å². The van der Waals surface area contributed by atoms with Gasteiger partial charge in [0.2, 0.25) is 5.91 Å². The number of carbonyl (C=O) groups is 1. The van der Waals surface area contributed by atoms with Gasteiger partial charge in [-0.3, -0.25) is 9.78 Å². The Balaban J connectivity index is 2.47. The number of pyridine rings is 1. The van der Waals surface area contributed by atoms with Crippen molar-refractivity contribution in [3.63, 3.8) is 0 Å². The van der Waals surface area contributed by atoms with Crippen molar-refractivity contribution >= 4 is 5.91 Å². The topological polar surface area (TPSA) is 42.0 Å². The number of hydrogen-bond acceptors (Lipinski definition) is 2. The highest BCUT2D eigenvalue weighted by molar-refractivity contribution is 5.78. The summed E-state index contributed by atoms with van der Waals surface area (Å²) in [6.07, 6.45) is 3.74. The van der Waals surface area contributed by atoms with Gasteiger partial charge >= 0.3 is 0 Å². The van der Waals surface area contributed by atoms with E-state index in [9.17, 15) is 4.79 Å². The zero-order valence-electron chi connectivity index (χ0n) is 10.9. The molecule has 0 radical (unpaired) electrons. The quantitative estimate of drug-likeness (QED) is 0.822. The lowest BCUT2D eigenvalue weighted by Gasteiger charge is -2.19. The van der Waals surface area contributed by atoms with Crippen LogP contribution in [0, 0.1) is 11.8 Å². The minimum atomic E-state index is 0.115. The predicted octanol–water partition coefficient (Wildman–Crippen LogP) is 2.77. The van der Waals surface area contributed by atoms with E-state index in [2.05, 4.69) is 31.1 Å². The molecule has 3 nitrogen and oxygen atoms in total. The van der Waals surface area contributed by atoms with Gasteiger partial charge in [-0.05, 0) is 24.5 Å². The van der Waals surface area contributed by atoms with Gasteiger partial charge in [-0.25, -0.2) is 0 Å². The van der Waals surface area contributed by atoms with Gasteiger partial charge < -0.3 is 5.32 Å². The summed E-state index contributed by atoms with van der Waals surface area (Å²) in [6.45, 7) is 6.83. The van der Waals surface area contributed by atoms with Crippen molar-refractivity contribution in [1.82, 2.24) is 10.3 Å². The van der Waals surface area contributed by atoms with Gasteiger partial charge in [0, 0.05) is 12.1 Å². The average molecular weight is 234 g/mol. The Bertz CT molecular complexity index is 335. The third-order valence-corrected chi connectivity index (χ3v) is 2.91. The van der Waals surface area contributed by atoms with E-state index in [1.807, 2.05) is 18.2 Å². The Morgan fingerprint density at radius 3 is 2.71 bits per heavy atom. The molecule has 1 atom stereocenters. The third-order valence-electron chi connectivity index (χ3n) is 2.91. The molecule has 94 valence electrons. The molecule has 1 aromatic heterocycles. The largest absolute Gasteiger partial charge is 0.350 e. The Kier molecular flexibility index (Phi) is 5.67.